The molecule has 0 aliphatic carbocycles. The van der Waals surface area contributed by atoms with Crippen LogP contribution in [0.5, 0.6) is 11.8 Å². The molecule has 7 nitrogen and oxygen atoms in total. The Kier molecular flexibility index (Phi) is 6.91. The monoisotopic (exact) mass is 359 g/mol. The van der Waals surface area contributed by atoms with E-state index in [0.717, 1.165) is 5.56 Å². The topological polar surface area (TPSA) is 82.6 Å². The van der Waals surface area contributed by atoms with Crippen molar-refractivity contribution in [2.45, 2.75) is 32.9 Å². The number of hydrogen-bond acceptors (Lipinski definition) is 6. The highest BCUT2D eigenvalue weighted by Crippen LogP contribution is 2.11. The summed E-state index contributed by atoms with van der Waals surface area (Å²) in [4.78, 5) is 20.4. The number of amides is 1. The zero-order valence-electron chi connectivity index (χ0n) is 15.6. The van der Waals surface area contributed by atoms with Gasteiger partial charge in [-0.25, -0.2) is 9.97 Å². The van der Waals surface area contributed by atoms with Gasteiger partial charge in [-0.05, 0) is 38.5 Å². The third kappa shape index (κ3) is 6.68. The quantitative estimate of drug-likeness (QED) is 0.730. The molecule has 2 rings (SSSR count). The molecular formula is C19H25N3O4. The van der Waals surface area contributed by atoms with Gasteiger partial charge in [0, 0.05) is 31.1 Å². The fourth-order valence-corrected chi connectivity index (χ4v) is 2.05. The average Bonchev–Trinajstić information content (AvgIpc) is 2.63. The van der Waals surface area contributed by atoms with Crippen molar-refractivity contribution < 1.29 is 19.0 Å². The molecule has 0 aromatic carbocycles. The van der Waals surface area contributed by atoms with Crippen LogP contribution in [0, 0.1) is 0 Å². The number of carbonyl (C=O) groups is 1. The summed E-state index contributed by atoms with van der Waals surface area (Å²) in [5, 5.41) is 2.83. The van der Waals surface area contributed by atoms with Crippen molar-refractivity contribution in [1.82, 2.24) is 15.3 Å². The number of ether oxygens (including phenoxy) is 3. The number of nitrogens with one attached hydrogen (secondary N) is 1. The third-order valence-corrected chi connectivity index (χ3v) is 3.33. The van der Waals surface area contributed by atoms with Crippen LogP contribution in [0.3, 0.4) is 0 Å². The Morgan fingerprint density at radius 1 is 1.12 bits per heavy atom. The van der Waals surface area contributed by atoms with E-state index in [9.17, 15) is 4.79 Å². The number of hydrogen-bond donors (Lipinski definition) is 1. The van der Waals surface area contributed by atoms with Crippen LogP contribution in [0.1, 0.15) is 36.7 Å². The summed E-state index contributed by atoms with van der Waals surface area (Å²) >= 11 is 0. The molecule has 0 spiro atoms. The first-order valence-electron chi connectivity index (χ1n) is 8.37. The van der Waals surface area contributed by atoms with Gasteiger partial charge in [-0.2, -0.15) is 0 Å². The van der Waals surface area contributed by atoms with Crippen molar-refractivity contribution in [3.05, 3.63) is 47.8 Å². The lowest BCUT2D eigenvalue weighted by Crippen LogP contribution is -2.23. The van der Waals surface area contributed by atoms with Gasteiger partial charge in [-0.15, -0.1) is 0 Å². The van der Waals surface area contributed by atoms with E-state index in [0.29, 0.717) is 37.1 Å². The van der Waals surface area contributed by atoms with Gasteiger partial charge in [0.1, 0.15) is 6.61 Å². The predicted molar refractivity (Wildman–Crippen MR) is 97.4 cm³/mol. The van der Waals surface area contributed by atoms with Gasteiger partial charge in [0.05, 0.1) is 24.9 Å². The predicted octanol–water partition coefficient (Wildman–Crippen LogP) is 2.61. The van der Waals surface area contributed by atoms with E-state index in [1.54, 1.807) is 31.5 Å². The Labute approximate surface area is 153 Å². The molecule has 7 heteroatoms. The van der Waals surface area contributed by atoms with Crippen LogP contribution in [-0.2, 0) is 11.3 Å². The highest BCUT2D eigenvalue weighted by atomic mass is 16.5. The SMILES string of the molecule is COc1cc(CNC(=O)c2ccc(OCCOC(C)(C)C)nc2)ccn1. The first kappa shape index (κ1) is 19.7. The maximum atomic E-state index is 12.2. The Morgan fingerprint density at radius 3 is 2.58 bits per heavy atom. The molecule has 0 aliphatic rings. The minimum atomic E-state index is -0.212. The lowest BCUT2D eigenvalue weighted by Gasteiger charge is -2.19. The fourth-order valence-electron chi connectivity index (χ4n) is 2.05. The lowest BCUT2D eigenvalue weighted by atomic mass is 10.2. The smallest absolute Gasteiger partial charge is 0.253 e. The molecule has 0 saturated carbocycles. The maximum absolute atomic E-state index is 12.2. The molecule has 1 amide bonds. The summed E-state index contributed by atoms with van der Waals surface area (Å²) in [5.74, 6) is 0.754. The Hall–Kier alpha value is -2.67. The number of pyridine rings is 2. The van der Waals surface area contributed by atoms with E-state index in [4.69, 9.17) is 14.2 Å². The van der Waals surface area contributed by atoms with E-state index in [2.05, 4.69) is 15.3 Å². The minimum Gasteiger partial charge on any atom is -0.481 e. The number of aromatic nitrogens is 2. The molecule has 0 unspecified atom stereocenters. The second kappa shape index (κ2) is 9.15. The summed E-state index contributed by atoms with van der Waals surface area (Å²) < 4.78 is 16.1. The Bertz CT molecular complexity index is 711. The van der Waals surface area contributed by atoms with Crippen LogP contribution >= 0.6 is 0 Å². The van der Waals surface area contributed by atoms with Crippen LogP contribution in [0.25, 0.3) is 0 Å². The summed E-state index contributed by atoms with van der Waals surface area (Å²) in [6, 6.07) is 6.93. The zero-order chi connectivity index (χ0) is 19.0. The molecule has 26 heavy (non-hydrogen) atoms. The van der Waals surface area contributed by atoms with Gasteiger partial charge >= 0.3 is 0 Å². The van der Waals surface area contributed by atoms with Crippen molar-refractivity contribution in [2.24, 2.45) is 0 Å². The molecule has 2 aromatic heterocycles. The largest absolute Gasteiger partial charge is 0.481 e. The van der Waals surface area contributed by atoms with Crippen LogP contribution in [0.15, 0.2) is 36.7 Å². The van der Waals surface area contributed by atoms with Gasteiger partial charge in [0.2, 0.25) is 11.8 Å². The average molecular weight is 359 g/mol. The van der Waals surface area contributed by atoms with Crippen LogP contribution < -0.4 is 14.8 Å². The van der Waals surface area contributed by atoms with E-state index >= 15 is 0 Å². The second-order valence-corrected chi connectivity index (χ2v) is 6.58. The van der Waals surface area contributed by atoms with Gasteiger partial charge in [0.15, 0.2) is 0 Å². The highest BCUT2D eigenvalue weighted by Gasteiger charge is 2.10. The zero-order valence-corrected chi connectivity index (χ0v) is 15.6. The number of carbonyl (C=O) groups excluding carboxylic acids is 1. The first-order chi connectivity index (χ1) is 12.4. The van der Waals surface area contributed by atoms with E-state index < -0.39 is 0 Å². The number of methoxy groups -OCH3 is 1. The van der Waals surface area contributed by atoms with Gasteiger partial charge < -0.3 is 19.5 Å². The normalized spacial score (nSPS) is 11.1. The molecular weight excluding hydrogens is 334 g/mol. The summed E-state index contributed by atoms with van der Waals surface area (Å²) in [5.41, 5.74) is 1.17. The molecule has 2 aromatic rings. The molecule has 0 atom stereocenters. The first-order valence-corrected chi connectivity index (χ1v) is 8.37. The molecule has 0 radical (unpaired) electrons. The van der Waals surface area contributed by atoms with E-state index in [-0.39, 0.29) is 11.5 Å². The molecule has 0 fully saturated rings. The van der Waals surface area contributed by atoms with Crippen LogP contribution in [-0.4, -0.2) is 41.8 Å². The molecule has 0 saturated heterocycles. The van der Waals surface area contributed by atoms with Crippen molar-refractivity contribution in [3.63, 3.8) is 0 Å². The number of nitrogens with zero attached hydrogens (tertiary/aromatic N) is 2. The third-order valence-electron chi connectivity index (χ3n) is 3.33. The standard InChI is InChI=1S/C19H25N3O4/c1-19(2,3)26-10-9-25-16-6-5-15(13-21-16)18(23)22-12-14-7-8-20-17(11-14)24-4/h5-8,11,13H,9-10,12H2,1-4H3,(H,22,23). The summed E-state index contributed by atoms with van der Waals surface area (Å²) in [6.07, 6.45) is 3.12. The van der Waals surface area contributed by atoms with Crippen molar-refractivity contribution in [1.29, 1.82) is 0 Å². The minimum absolute atomic E-state index is 0.197. The van der Waals surface area contributed by atoms with Gasteiger partial charge in [0.25, 0.3) is 5.91 Å². The lowest BCUT2D eigenvalue weighted by molar-refractivity contribution is -0.0168. The number of rotatable bonds is 8. The highest BCUT2D eigenvalue weighted by molar-refractivity contribution is 5.93. The molecule has 2 heterocycles. The van der Waals surface area contributed by atoms with E-state index in [1.165, 1.54) is 6.20 Å². The summed E-state index contributed by atoms with van der Waals surface area (Å²) in [6.45, 7) is 7.21. The van der Waals surface area contributed by atoms with Gasteiger partial charge in [-0.3, -0.25) is 4.79 Å². The second-order valence-electron chi connectivity index (χ2n) is 6.58. The van der Waals surface area contributed by atoms with E-state index in [1.807, 2.05) is 26.8 Å². The Morgan fingerprint density at radius 2 is 1.92 bits per heavy atom. The molecule has 0 aliphatic heterocycles. The van der Waals surface area contributed by atoms with Crippen molar-refractivity contribution >= 4 is 5.91 Å². The van der Waals surface area contributed by atoms with Gasteiger partial charge in [-0.1, -0.05) is 0 Å². The van der Waals surface area contributed by atoms with Crippen molar-refractivity contribution in [2.75, 3.05) is 20.3 Å². The Balaban J connectivity index is 1.80. The molecule has 140 valence electrons. The van der Waals surface area contributed by atoms with Crippen LogP contribution in [0.4, 0.5) is 0 Å². The summed E-state index contributed by atoms with van der Waals surface area (Å²) in [7, 11) is 1.55. The fraction of sp³-hybridized carbons (Fsp3) is 0.421. The maximum Gasteiger partial charge on any atom is 0.253 e. The molecule has 0 bridgehead atoms. The van der Waals surface area contributed by atoms with Crippen LogP contribution in [0.2, 0.25) is 0 Å². The van der Waals surface area contributed by atoms with Crippen molar-refractivity contribution in [3.8, 4) is 11.8 Å². The molecule has 1 N–H and O–H groups in total.